The van der Waals surface area contributed by atoms with Gasteiger partial charge in [0.1, 0.15) is 0 Å². The molecule has 0 aliphatic carbocycles. The van der Waals surface area contributed by atoms with Crippen LogP contribution in [0, 0.1) is 0 Å². The average Bonchev–Trinajstić information content (AvgIpc) is 1.99. The lowest BCUT2D eigenvalue weighted by atomic mass is 10.3. The van der Waals surface area contributed by atoms with Crippen LogP contribution >= 0.6 is 0 Å². The molecule has 0 unspecified atom stereocenters. The van der Waals surface area contributed by atoms with Crippen molar-refractivity contribution in [3.63, 3.8) is 0 Å². The highest BCUT2D eigenvalue weighted by Gasteiger charge is 1.79. The maximum atomic E-state index is 4.17. The fourth-order valence-electron chi connectivity index (χ4n) is 0.544. The van der Waals surface area contributed by atoms with E-state index < -0.39 is 0 Å². The maximum Gasteiger partial charge on any atom is 0.0577 e. The minimum atomic E-state index is 0.952. The van der Waals surface area contributed by atoms with Crippen LogP contribution in [0.4, 0.5) is 0 Å². The van der Waals surface area contributed by atoms with Gasteiger partial charge in [0.25, 0.3) is 0 Å². The second-order valence-corrected chi connectivity index (χ2v) is 2.02. The van der Waals surface area contributed by atoms with Gasteiger partial charge < -0.3 is 0 Å². The number of unbranched alkanes of at least 4 members (excludes halogenated alkanes) is 1. The van der Waals surface area contributed by atoms with Crippen LogP contribution in [0.3, 0.4) is 0 Å². The first-order valence-electron chi connectivity index (χ1n) is 3.66. The maximum absolute atomic E-state index is 4.17. The molecule has 0 saturated carbocycles. The highest BCUT2D eigenvalue weighted by molar-refractivity contribution is 5.59. The summed E-state index contributed by atoms with van der Waals surface area (Å²) in [6.07, 6.45) is 7.82. The number of nitrogens with zero attached hydrogens (tertiary/aromatic N) is 1. The van der Waals surface area contributed by atoms with Crippen LogP contribution in [-0.2, 0) is 0 Å². The smallest absolute Gasteiger partial charge is 0.0577 e. The molecule has 0 rings (SSSR count). The van der Waals surface area contributed by atoms with Gasteiger partial charge in [0.05, 0.1) is 5.70 Å². The molecule has 1 heteroatoms. The van der Waals surface area contributed by atoms with Gasteiger partial charge in [0.15, 0.2) is 0 Å². The summed E-state index contributed by atoms with van der Waals surface area (Å²) in [5, 5.41) is 0. The Bertz CT molecular complexity index is 143. The highest BCUT2D eigenvalue weighted by Crippen LogP contribution is 1.96. The predicted molar refractivity (Wildman–Crippen MR) is 47.4 cm³/mol. The van der Waals surface area contributed by atoms with Crippen LogP contribution in [0.5, 0.6) is 0 Å². The van der Waals surface area contributed by atoms with Crippen LogP contribution in [0.15, 0.2) is 29.4 Å². The number of hydrogen-bond donors (Lipinski definition) is 0. The van der Waals surface area contributed by atoms with Crippen molar-refractivity contribution >= 4 is 6.21 Å². The molecule has 0 bridgehead atoms. The third-order valence-corrected chi connectivity index (χ3v) is 1.16. The third-order valence-electron chi connectivity index (χ3n) is 1.16. The topological polar surface area (TPSA) is 12.4 Å². The number of rotatable bonds is 4. The molecule has 0 aromatic rings. The largest absolute Gasteiger partial charge is 0.262 e. The van der Waals surface area contributed by atoms with E-state index in [0.29, 0.717) is 0 Å². The monoisotopic (exact) mass is 137 g/mol. The zero-order chi connectivity index (χ0) is 7.82. The van der Waals surface area contributed by atoms with Crippen molar-refractivity contribution in [1.29, 1.82) is 0 Å². The van der Waals surface area contributed by atoms with Crippen LogP contribution in [-0.4, -0.2) is 6.21 Å². The summed E-state index contributed by atoms with van der Waals surface area (Å²) in [6.45, 7) is 7.72. The lowest BCUT2D eigenvalue weighted by Crippen LogP contribution is -1.74. The van der Waals surface area contributed by atoms with E-state index in [2.05, 4.69) is 18.5 Å². The first-order chi connectivity index (χ1) is 4.85. The summed E-state index contributed by atoms with van der Waals surface area (Å²) in [7, 11) is 0. The van der Waals surface area contributed by atoms with Crippen molar-refractivity contribution in [3.8, 4) is 0 Å². The summed E-state index contributed by atoms with van der Waals surface area (Å²) < 4.78 is 0. The number of allylic oxidation sites excluding steroid dienone is 2. The van der Waals surface area contributed by atoms with Gasteiger partial charge in [-0.05, 0) is 19.4 Å². The van der Waals surface area contributed by atoms with E-state index in [1.54, 1.807) is 6.08 Å². The zero-order valence-corrected chi connectivity index (χ0v) is 6.80. The fourth-order valence-corrected chi connectivity index (χ4v) is 0.544. The molecule has 0 heterocycles. The van der Waals surface area contributed by atoms with Crippen molar-refractivity contribution in [3.05, 3.63) is 24.4 Å². The summed E-state index contributed by atoms with van der Waals surface area (Å²) in [5.41, 5.74) is 0.952. The van der Waals surface area contributed by atoms with Gasteiger partial charge >= 0.3 is 0 Å². The van der Waals surface area contributed by atoms with Gasteiger partial charge in [0, 0.05) is 6.21 Å². The molecule has 1 nitrogen and oxygen atoms in total. The molecule has 0 saturated heterocycles. The minimum Gasteiger partial charge on any atom is -0.262 e. The van der Waals surface area contributed by atoms with Crippen molar-refractivity contribution in [2.75, 3.05) is 0 Å². The molecule has 0 aromatic heterocycles. The summed E-state index contributed by atoms with van der Waals surface area (Å²) in [5.74, 6) is 0. The Morgan fingerprint density at radius 2 is 2.30 bits per heavy atom. The van der Waals surface area contributed by atoms with E-state index >= 15 is 0 Å². The first-order valence-corrected chi connectivity index (χ1v) is 3.66. The fraction of sp³-hybridized carbons (Fsp3) is 0.444. The normalized spacial score (nSPS) is 12.4. The Kier molecular flexibility index (Phi) is 5.74. The van der Waals surface area contributed by atoms with Crippen molar-refractivity contribution < 1.29 is 0 Å². The molecule has 0 radical (unpaired) electrons. The Labute approximate surface area is 63.2 Å². The van der Waals surface area contributed by atoms with Crippen molar-refractivity contribution in [2.24, 2.45) is 4.99 Å². The molecule has 0 aliphatic heterocycles. The van der Waals surface area contributed by atoms with Gasteiger partial charge in [-0.25, -0.2) is 0 Å². The van der Waals surface area contributed by atoms with Crippen LogP contribution in [0.25, 0.3) is 0 Å². The molecular formula is C9H15N. The van der Waals surface area contributed by atoms with Crippen LogP contribution in [0.1, 0.15) is 26.7 Å². The van der Waals surface area contributed by atoms with Crippen LogP contribution in [0.2, 0.25) is 0 Å². The van der Waals surface area contributed by atoms with Crippen molar-refractivity contribution in [2.45, 2.75) is 26.7 Å². The quantitative estimate of drug-likeness (QED) is 0.417. The molecule has 10 heavy (non-hydrogen) atoms. The average molecular weight is 137 g/mol. The molecule has 0 aliphatic rings. The standard InChI is InChI=1S/C9H15N/c1-4-7-8-10-9(5-2)6-3/h5-6,8H,2,4,7H2,1,3H3/b9-6-,10-8?. The van der Waals surface area contributed by atoms with E-state index in [4.69, 9.17) is 0 Å². The van der Waals surface area contributed by atoms with E-state index in [0.717, 1.165) is 18.5 Å². The molecule has 0 spiro atoms. The van der Waals surface area contributed by atoms with E-state index in [1.165, 1.54) is 0 Å². The van der Waals surface area contributed by atoms with Gasteiger partial charge in [-0.15, -0.1) is 0 Å². The van der Waals surface area contributed by atoms with Gasteiger partial charge in [0.2, 0.25) is 0 Å². The summed E-state index contributed by atoms with van der Waals surface area (Å²) in [6, 6.07) is 0. The lowest BCUT2D eigenvalue weighted by molar-refractivity contribution is 1.01. The SMILES string of the molecule is C=C/C(=C/C)N=CCCC. The predicted octanol–water partition coefficient (Wildman–Crippen LogP) is 2.95. The van der Waals surface area contributed by atoms with Crippen molar-refractivity contribution in [1.82, 2.24) is 0 Å². The molecule has 0 atom stereocenters. The molecule has 0 aromatic carbocycles. The molecule has 56 valence electrons. The molecule has 0 fully saturated rings. The van der Waals surface area contributed by atoms with Gasteiger partial charge in [-0.2, -0.15) is 0 Å². The second-order valence-electron chi connectivity index (χ2n) is 2.02. The van der Waals surface area contributed by atoms with E-state index in [1.807, 2.05) is 19.2 Å². The Morgan fingerprint density at radius 3 is 2.70 bits per heavy atom. The second kappa shape index (κ2) is 6.27. The van der Waals surface area contributed by atoms with E-state index in [9.17, 15) is 0 Å². The Hall–Kier alpha value is -0.850. The lowest BCUT2D eigenvalue weighted by Gasteiger charge is -1.88. The molecular weight excluding hydrogens is 122 g/mol. The van der Waals surface area contributed by atoms with Gasteiger partial charge in [-0.3, -0.25) is 4.99 Å². The molecule has 0 N–H and O–H groups in total. The number of hydrogen-bond acceptors (Lipinski definition) is 1. The minimum absolute atomic E-state index is 0.952. The van der Waals surface area contributed by atoms with Gasteiger partial charge in [-0.1, -0.05) is 26.0 Å². The van der Waals surface area contributed by atoms with E-state index in [-0.39, 0.29) is 0 Å². The number of aliphatic imine (C=N–C) groups is 1. The summed E-state index contributed by atoms with van der Waals surface area (Å²) in [4.78, 5) is 4.17. The third kappa shape index (κ3) is 4.07. The highest BCUT2D eigenvalue weighted by atomic mass is 14.7. The summed E-state index contributed by atoms with van der Waals surface area (Å²) >= 11 is 0. The Morgan fingerprint density at radius 1 is 1.60 bits per heavy atom. The molecule has 0 amide bonds. The zero-order valence-electron chi connectivity index (χ0n) is 6.80. The Balaban J connectivity index is 3.74. The van der Waals surface area contributed by atoms with Crippen LogP contribution < -0.4 is 0 Å². The first kappa shape index (κ1) is 9.15.